The Kier molecular flexibility index (Phi) is 5.78. The van der Waals surface area contributed by atoms with Gasteiger partial charge in [0, 0.05) is 13.7 Å². The zero-order valence-electron chi connectivity index (χ0n) is 12.9. The summed E-state index contributed by atoms with van der Waals surface area (Å²) in [5.41, 5.74) is 0.387. The summed E-state index contributed by atoms with van der Waals surface area (Å²) >= 11 is 0. The molecule has 0 bridgehead atoms. The Morgan fingerprint density at radius 2 is 1.83 bits per heavy atom. The van der Waals surface area contributed by atoms with Crippen molar-refractivity contribution < 1.29 is 17.9 Å². The van der Waals surface area contributed by atoms with E-state index in [1.54, 1.807) is 31.4 Å². The van der Waals surface area contributed by atoms with Crippen LogP contribution in [-0.2, 0) is 14.8 Å². The lowest BCUT2D eigenvalue weighted by molar-refractivity contribution is 0.210. The van der Waals surface area contributed by atoms with Gasteiger partial charge < -0.3 is 14.8 Å². The van der Waals surface area contributed by atoms with E-state index in [0.29, 0.717) is 30.4 Å². The van der Waals surface area contributed by atoms with Crippen LogP contribution in [0, 0.1) is 0 Å². The average molecular weight is 337 g/mol. The summed E-state index contributed by atoms with van der Waals surface area (Å²) in [7, 11) is -0.517. The van der Waals surface area contributed by atoms with Crippen LogP contribution in [0.1, 0.15) is 0 Å². The molecule has 23 heavy (non-hydrogen) atoms. The van der Waals surface area contributed by atoms with Crippen LogP contribution < -0.4 is 14.8 Å². The van der Waals surface area contributed by atoms with Crippen molar-refractivity contribution in [3.63, 3.8) is 0 Å². The number of hydrogen-bond acceptors (Lipinski definition) is 6. The topological polar surface area (TPSA) is 89.6 Å². The van der Waals surface area contributed by atoms with Crippen LogP contribution in [0.5, 0.6) is 5.75 Å². The highest BCUT2D eigenvalue weighted by Gasteiger charge is 2.14. The van der Waals surface area contributed by atoms with Crippen LogP contribution in [0.2, 0.25) is 0 Å². The summed E-state index contributed by atoms with van der Waals surface area (Å²) < 4.78 is 37.0. The normalized spacial score (nSPS) is 11.0. The van der Waals surface area contributed by atoms with Crippen molar-refractivity contribution in [1.82, 2.24) is 4.98 Å². The summed E-state index contributed by atoms with van der Waals surface area (Å²) in [5, 5.41) is 3.05. The minimum absolute atomic E-state index is 0.153. The molecule has 7 nitrogen and oxygen atoms in total. The molecule has 0 atom stereocenters. The molecule has 0 unspecified atom stereocenters. The van der Waals surface area contributed by atoms with Crippen molar-refractivity contribution in [1.29, 1.82) is 0 Å². The Bertz CT molecular complexity index is 715. The van der Waals surface area contributed by atoms with Gasteiger partial charge in [0.1, 0.15) is 11.6 Å². The van der Waals surface area contributed by atoms with Crippen LogP contribution in [0.3, 0.4) is 0 Å². The number of benzene rings is 1. The molecule has 0 aliphatic heterocycles. The van der Waals surface area contributed by atoms with E-state index in [0.717, 1.165) is 0 Å². The molecule has 1 heterocycles. The molecule has 1 aromatic carbocycles. The van der Waals surface area contributed by atoms with Gasteiger partial charge in [-0.05, 0) is 36.4 Å². The number of anilines is 2. The third kappa shape index (κ3) is 4.83. The molecule has 0 spiro atoms. The van der Waals surface area contributed by atoms with Gasteiger partial charge in [-0.25, -0.2) is 13.4 Å². The van der Waals surface area contributed by atoms with Crippen LogP contribution in [0.4, 0.5) is 11.5 Å². The van der Waals surface area contributed by atoms with E-state index in [2.05, 4.69) is 15.0 Å². The minimum Gasteiger partial charge on any atom is -0.497 e. The first-order valence-electron chi connectivity index (χ1n) is 6.91. The number of nitrogens with one attached hydrogen (secondary N) is 2. The highest BCUT2D eigenvalue weighted by molar-refractivity contribution is 7.92. The van der Waals surface area contributed by atoms with Crippen LogP contribution in [0.25, 0.3) is 0 Å². The Balaban J connectivity index is 2.04. The second-order valence-electron chi connectivity index (χ2n) is 4.63. The molecule has 2 aromatic rings. The van der Waals surface area contributed by atoms with Gasteiger partial charge in [0.2, 0.25) is 0 Å². The van der Waals surface area contributed by atoms with E-state index < -0.39 is 10.0 Å². The molecule has 0 saturated heterocycles. The molecule has 124 valence electrons. The van der Waals surface area contributed by atoms with Crippen LogP contribution in [-0.4, -0.2) is 40.8 Å². The number of methoxy groups -OCH3 is 2. The fraction of sp³-hybridized carbons (Fsp3) is 0.267. The van der Waals surface area contributed by atoms with E-state index >= 15 is 0 Å². The predicted molar refractivity (Wildman–Crippen MR) is 88.4 cm³/mol. The molecule has 8 heteroatoms. The molecule has 0 aliphatic rings. The largest absolute Gasteiger partial charge is 0.497 e. The maximum absolute atomic E-state index is 12.3. The van der Waals surface area contributed by atoms with Crippen molar-refractivity contribution >= 4 is 21.5 Å². The van der Waals surface area contributed by atoms with Gasteiger partial charge in [-0.3, -0.25) is 4.72 Å². The lowest BCUT2D eigenvalue weighted by atomic mass is 10.3. The Hall–Kier alpha value is -2.32. The molecule has 0 amide bonds. The number of ether oxygens (including phenoxy) is 2. The zero-order valence-corrected chi connectivity index (χ0v) is 13.8. The maximum atomic E-state index is 12.3. The molecule has 2 N–H and O–H groups in total. The predicted octanol–water partition coefficient (Wildman–Crippen LogP) is 1.95. The SMILES string of the molecule is COCCNc1ccc(NS(=O)(=O)c2ccc(OC)cc2)cn1. The molecule has 0 radical (unpaired) electrons. The van der Waals surface area contributed by atoms with Gasteiger partial charge in [0.25, 0.3) is 10.0 Å². The molecule has 0 aliphatic carbocycles. The van der Waals surface area contributed by atoms with Crippen molar-refractivity contribution in [3.05, 3.63) is 42.6 Å². The Morgan fingerprint density at radius 1 is 1.09 bits per heavy atom. The molecule has 2 rings (SSSR count). The van der Waals surface area contributed by atoms with Crippen LogP contribution in [0.15, 0.2) is 47.5 Å². The first kappa shape index (κ1) is 17.0. The van der Waals surface area contributed by atoms with Crippen LogP contribution >= 0.6 is 0 Å². The quantitative estimate of drug-likeness (QED) is 0.716. The fourth-order valence-electron chi connectivity index (χ4n) is 1.81. The molecular formula is C15H19N3O4S. The van der Waals surface area contributed by atoms with E-state index in [1.807, 2.05) is 0 Å². The number of nitrogens with zero attached hydrogens (tertiary/aromatic N) is 1. The fourth-order valence-corrected chi connectivity index (χ4v) is 2.85. The van der Waals surface area contributed by atoms with Gasteiger partial charge in [-0.15, -0.1) is 0 Å². The summed E-state index contributed by atoms with van der Waals surface area (Å²) in [4.78, 5) is 4.30. The van der Waals surface area contributed by atoms with E-state index in [1.165, 1.54) is 25.4 Å². The average Bonchev–Trinajstić information content (AvgIpc) is 2.56. The van der Waals surface area contributed by atoms with Crippen molar-refractivity contribution in [2.45, 2.75) is 4.90 Å². The number of sulfonamides is 1. The molecule has 0 fully saturated rings. The van der Waals surface area contributed by atoms with E-state index in [4.69, 9.17) is 9.47 Å². The summed E-state index contributed by atoms with van der Waals surface area (Å²) in [5.74, 6) is 1.24. The van der Waals surface area contributed by atoms with E-state index in [-0.39, 0.29) is 4.90 Å². The smallest absolute Gasteiger partial charge is 0.261 e. The maximum Gasteiger partial charge on any atom is 0.261 e. The van der Waals surface area contributed by atoms with Gasteiger partial charge in [0.05, 0.1) is 30.5 Å². The summed E-state index contributed by atoms with van der Waals surface area (Å²) in [6, 6.07) is 9.49. The third-order valence-electron chi connectivity index (χ3n) is 3.00. The van der Waals surface area contributed by atoms with E-state index in [9.17, 15) is 8.42 Å². The number of aromatic nitrogens is 1. The number of pyridine rings is 1. The van der Waals surface area contributed by atoms with Gasteiger partial charge >= 0.3 is 0 Å². The monoisotopic (exact) mass is 337 g/mol. The lowest BCUT2D eigenvalue weighted by Gasteiger charge is -2.09. The third-order valence-corrected chi connectivity index (χ3v) is 4.39. The second kappa shape index (κ2) is 7.80. The molecule has 1 aromatic heterocycles. The van der Waals surface area contributed by atoms with Crippen molar-refractivity contribution in [2.24, 2.45) is 0 Å². The van der Waals surface area contributed by atoms with Gasteiger partial charge in [-0.2, -0.15) is 0 Å². The summed E-state index contributed by atoms with van der Waals surface area (Å²) in [6.07, 6.45) is 1.45. The molecular weight excluding hydrogens is 318 g/mol. The zero-order chi connectivity index (χ0) is 16.7. The number of rotatable bonds is 8. The number of hydrogen-bond donors (Lipinski definition) is 2. The second-order valence-corrected chi connectivity index (χ2v) is 6.32. The molecule has 0 saturated carbocycles. The first-order valence-corrected chi connectivity index (χ1v) is 8.39. The lowest BCUT2D eigenvalue weighted by Crippen LogP contribution is -2.13. The highest BCUT2D eigenvalue weighted by Crippen LogP contribution is 2.19. The van der Waals surface area contributed by atoms with Gasteiger partial charge in [0.15, 0.2) is 0 Å². The van der Waals surface area contributed by atoms with Crippen molar-refractivity contribution in [2.75, 3.05) is 37.4 Å². The Labute approximate surface area is 135 Å². The Morgan fingerprint density at radius 3 is 2.39 bits per heavy atom. The minimum atomic E-state index is -3.66. The summed E-state index contributed by atoms with van der Waals surface area (Å²) in [6.45, 7) is 1.19. The van der Waals surface area contributed by atoms with Crippen molar-refractivity contribution in [3.8, 4) is 5.75 Å². The first-order chi connectivity index (χ1) is 11.0. The van der Waals surface area contributed by atoms with Gasteiger partial charge in [-0.1, -0.05) is 0 Å². The standard InChI is InChI=1S/C15H19N3O4S/c1-21-10-9-16-15-8-3-12(11-17-15)18-23(19,20)14-6-4-13(22-2)5-7-14/h3-8,11,18H,9-10H2,1-2H3,(H,16,17). The highest BCUT2D eigenvalue weighted by atomic mass is 32.2.